The first-order chi connectivity index (χ1) is 15.7. The molecule has 1 fully saturated rings. The Kier molecular flexibility index (Phi) is 8.27. The molecule has 1 radical (unpaired) electrons. The second-order valence-corrected chi connectivity index (χ2v) is 14.6. The number of halogens is 2. The molecule has 8 nitrogen and oxygen atoms in total. The van der Waals surface area contributed by atoms with Crippen molar-refractivity contribution in [1.29, 1.82) is 0 Å². The smallest absolute Gasteiger partial charge is 0.260 e. The van der Waals surface area contributed by atoms with Crippen LogP contribution in [0.3, 0.4) is 0 Å². The number of piperidine rings is 1. The van der Waals surface area contributed by atoms with Crippen molar-refractivity contribution in [3.8, 4) is 0 Å². The third kappa shape index (κ3) is 6.16. The van der Waals surface area contributed by atoms with Crippen LogP contribution >= 0.6 is 19.3 Å². The molecule has 1 aliphatic rings. The van der Waals surface area contributed by atoms with Crippen molar-refractivity contribution in [1.82, 2.24) is 29.1 Å². The zero-order valence-corrected chi connectivity index (χ0v) is 21.4. The van der Waals surface area contributed by atoms with Gasteiger partial charge in [0.15, 0.2) is 0 Å². The van der Waals surface area contributed by atoms with Crippen molar-refractivity contribution >= 4 is 37.8 Å². The minimum Gasteiger partial charge on any atom is -0.425 e. The van der Waals surface area contributed by atoms with Crippen LogP contribution in [0.15, 0.2) is 79.6 Å². The third-order valence-corrected chi connectivity index (χ3v) is 7.35. The van der Waals surface area contributed by atoms with Crippen molar-refractivity contribution in [2.75, 3.05) is 18.0 Å². The van der Waals surface area contributed by atoms with Crippen LogP contribution < -0.4 is 8.55 Å². The Bertz CT molecular complexity index is 994. The predicted molar refractivity (Wildman–Crippen MR) is 123 cm³/mol. The molecule has 1 aromatic carbocycles. The predicted octanol–water partition coefficient (Wildman–Crippen LogP) is 2.70. The minimum atomic E-state index is -2.09. The van der Waals surface area contributed by atoms with E-state index in [4.69, 9.17) is 19.3 Å². The fourth-order valence-electron chi connectivity index (χ4n) is 3.58. The minimum absolute atomic E-state index is 0.194. The molecule has 0 spiro atoms. The maximum absolute atomic E-state index is 5.82. The standard InChI is InChI=1S/C11H15N2.C9H9BN6.2ClH.Os/c12-10-4-6-11(7-5-10)13-8-2-1-3-9-13;1-4-11-14(7-1)10(15-8-2-5-12-15)16-9-3-6-13-16;;;/h4-7,12H,1-3,8-9H2;1-9H;2*1H;/q2*-1;;;+4/p-2. The Hall–Kier alpha value is -2.27. The van der Waals surface area contributed by atoms with E-state index >= 15 is 0 Å². The molecule has 1 saturated heterocycles. The molecular formula is C20H24BCl2N8Os. The number of nitrogens with zero attached hydrogens (tertiary/aromatic N) is 7. The molecule has 4 aromatic rings. The van der Waals surface area contributed by atoms with Gasteiger partial charge < -0.3 is 13.8 Å². The van der Waals surface area contributed by atoms with E-state index in [0.29, 0.717) is 0 Å². The zero-order valence-electron chi connectivity index (χ0n) is 17.4. The van der Waals surface area contributed by atoms with Crippen molar-refractivity contribution in [2.24, 2.45) is 0 Å². The summed E-state index contributed by atoms with van der Waals surface area (Å²) in [6, 6.07) is 14.0. The largest absolute Gasteiger partial charge is 0.425 e. The molecule has 0 saturated carbocycles. The van der Waals surface area contributed by atoms with Gasteiger partial charge in [0.1, 0.15) is 0 Å². The van der Waals surface area contributed by atoms with Crippen molar-refractivity contribution < 1.29 is 17.7 Å². The molecular weight excluding hydrogens is 624 g/mol. The number of hydrogen-bond acceptors (Lipinski definition) is 4. The molecule has 3 aromatic heterocycles. The SMILES string of the molecule is [Cl][Os]([Cl])=[NH+]c1ccc(N2CCCCC2)cc1.c1cnn([B-](n2cccn2)n2cccn2)c1. The summed E-state index contributed by atoms with van der Waals surface area (Å²) in [5.41, 5.74) is 2.34. The van der Waals surface area contributed by atoms with E-state index in [-0.39, 0.29) is 7.12 Å². The first kappa shape index (κ1) is 22.9. The summed E-state index contributed by atoms with van der Waals surface area (Å²) >= 11 is -2.09. The zero-order chi connectivity index (χ0) is 22.2. The number of anilines is 1. The number of benzene rings is 1. The summed E-state index contributed by atoms with van der Waals surface area (Å²) < 4.78 is 8.50. The molecule has 4 heterocycles. The molecule has 0 unspecified atom stereocenters. The molecule has 0 amide bonds. The van der Waals surface area contributed by atoms with Gasteiger partial charge in [-0.25, -0.2) is 15.3 Å². The van der Waals surface area contributed by atoms with E-state index in [0.717, 1.165) is 5.69 Å². The van der Waals surface area contributed by atoms with Gasteiger partial charge in [-0.05, 0) is 36.8 Å². The van der Waals surface area contributed by atoms with Gasteiger partial charge in [-0.1, -0.05) is 0 Å². The molecule has 0 atom stereocenters. The van der Waals surface area contributed by atoms with Gasteiger partial charge >= 0.3 is 110 Å². The molecule has 32 heavy (non-hydrogen) atoms. The molecule has 0 aliphatic carbocycles. The van der Waals surface area contributed by atoms with Gasteiger partial charge in [0.25, 0.3) is 7.12 Å². The van der Waals surface area contributed by atoms with E-state index in [9.17, 15) is 0 Å². The van der Waals surface area contributed by atoms with Gasteiger partial charge in [0.05, 0.1) is 0 Å². The molecule has 0 bridgehead atoms. The van der Waals surface area contributed by atoms with E-state index in [1.54, 1.807) is 32.4 Å². The monoisotopic (exact) mass is 649 g/mol. The van der Waals surface area contributed by atoms with Crippen molar-refractivity contribution in [3.05, 3.63) is 79.6 Å². The Balaban J connectivity index is 0.000000153. The van der Waals surface area contributed by atoms with Crippen LogP contribution in [-0.2, 0) is 14.0 Å². The Morgan fingerprint density at radius 2 is 1.25 bits per heavy atom. The second-order valence-electron chi connectivity index (χ2n) is 7.17. The Morgan fingerprint density at radius 3 is 1.66 bits per heavy atom. The number of hydrogen-bond donors (Lipinski definition) is 1. The second kappa shape index (κ2) is 11.6. The summed E-state index contributed by atoms with van der Waals surface area (Å²) in [5.74, 6) is 0. The third-order valence-electron chi connectivity index (χ3n) is 5.04. The Labute approximate surface area is 200 Å². The van der Waals surface area contributed by atoms with Gasteiger partial charge in [-0.15, -0.1) is 0 Å². The Morgan fingerprint density at radius 1 is 0.750 bits per heavy atom. The van der Waals surface area contributed by atoms with Crippen LogP contribution in [0.2, 0.25) is 0 Å². The van der Waals surface area contributed by atoms with Crippen LogP contribution in [0.1, 0.15) is 19.3 Å². The van der Waals surface area contributed by atoms with E-state index in [1.165, 1.54) is 38.0 Å². The first-order valence-electron chi connectivity index (χ1n) is 10.3. The fraction of sp³-hybridized carbons (Fsp3) is 0.250. The van der Waals surface area contributed by atoms with E-state index in [2.05, 4.69) is 48.1 Å². The summed E-state index contributed by atoms with van der Waals surface area (Å²) in [4.78, 5) is 2.44. The maximum Gasteiger partial charge on any atom is 0.260 e. The molecule has 169 valence electrons. The average Bonchev–Trinajstić information content (AvgIpc) is 3.60. The van der Waals surface area contributed by atoms with E-state index < -0.39 is 14.0 Å². The summed E-state index contributed by atoms with van der Waals surface area (Å²) in [6.07, 6.45) is 14.8. The van der Waals surface area contributed by atoms with Crippen LogP contribution in [0.4, 0.5) is 11.4 Å². The van der Waals surface area contributed by atoms with E-state index in [1.807, 2.05) is 36.8 Å². The molecule has 1 N–H and O–H groups in total. The fourth-order valence-corrected chi connectivity index (χ4v) is 5.82. The normalized spacial score (nSPS) is 14.1. The summed E-state index contributed by atoms with van der Waals surface area (Å²) in [5, 5.41) is 12.7. The average molecular weight is 648 g/mol. The quantitative estimate of drug-likeness (QED) is 0.339. The van der Waals surface area contributed by atoms with Crippen molar-refractivity contribution in [2.45, 2.75) is 19.3 Å². The number of nitrogens with one attached hydrogen (secondary N) is 1. The number of rotatable bonds is 5. The van der Waals surface area contributed by atoms with Gasteiger partial charge in [0.2, 0.25) is 0 Å². The van der Waals surface area contributed by atoms with Crippen LogP contribution in [0.5, 0.6) is 0 Å². The first-order valence-corrected chi connectivity index (χ1v) is 17.9. The van der Waals surface area contributed by atoms with Gasteiger partial charge in [-0.2, -0.15) is 0 Å². The molecule has 1 aliphatic heterocycles. The number of aromatic nitrogens is 6. The molecule has 12 heteroatoms. The summed E-state index contributed by atoms with van der Waals surface area (Å²) in [7, 11) is 11.4. The molecule has 5 rings (SSSR count). The topological polar surface area (TPSA) is 70.7 Å². The van der Waals surface area contributed by atoms with Crippen LogP contribution in [0.25, 0.3) is 0 Å². The van der Waals surface area contributed by atoms with Crippen molar-refractivity contribution in [3.63, 3.8) is 0 Å². The van der Waals surface area contributed by atoms with Gasteiger partial charge in [0, 0.05) is 18.6 Å². The summed E-state index contributed by atoms with van der Waals surface area (Å²) in [6.45, 7) is 2.36. The van der Waals surface area contributed by atoms with Crippen LogP contribution in [0, 0.1) is 0 Å². The van der Waals surface area contributed by atoms with Gasteiger partial charge in [-0.3, -0.25) is 0 Å². The van der Waals surface area contributed by atoms with Crippen LogP contribution in [-0.4, -0.2) is 49.3 Å². The maximum atomic E-state index is 5.82.